The maximum absolute atomic E-state index is 11.4. The van der Waals surface area contributed by atoms with Crippen molar-refractivity contribution in [3.63, 3.8) is 0 Å². The summed E-state index contributed by atoms with van der Waals surface area (Å²) in [6, 6.07) is 7.49. The van der Waals surface area contributed by atoms with Crippen LogP contribution in [0.2, 0.25) is 0 Å². The summed E-state index contributed by atoms with van der Waals surface area (Å²) >= 11 is 0. The Bertz CT molecular complexity index is 825. The van der Waals surface area contributed by atoms with Crippen LogP contribution in [0.25, 0.3) is 0 Å². The third kappa shape index (κ3) is 5.27. The number of nitrogen functional groups attached to an aromatic ring is 1. The van der Waals surface area contributed by atoms with Crippen LogP contribution in [0.15, 0.2) is 24.3 Å². The third-order valence-corrected chi connectivity index (χ3v) is 4.56. The number of morpholine rings is 1. The van der Waals surface area contributed by atoms with Crippen molar-refractivity contribution in [3.8, 4) is 0 Å². The van der Waals surface area contributed by atoms with E-state index in [4.69, 9.17) is 10.5 Å². The van der Waals surface area contributed by atoms with Gasteiger partial charge in [0.25, 0.3) is 0 Å². The molecule has 0 unspecified atom stereocenters. The number of nitro groups is 1. The van der Waals surface area contributed by atoms with E-state index < -0.39 is 4.92 Å². The van der Waals surface area contributed by atoms with Gasteiger partial charge in [-0.05, 0) is 24.6 Å². The molecule has 10 heteroatoms. The van der Waals surface area contributed by atoms with E-state index in [0.29, 0.717) is 12.2 Å². The van der Waals surface area contributed by atoms with Gasteiger partial charge in [0.1, 0.15) is 13.1 Å². The molecule has 1 aliphatic rings. The highest BCUT2D eigenvalue weighted by Crippen LogP contribution is 2.31. The number of aryl methyl sites for hydroxylation is 1. The molecule has 0 spiro atoms. The quantitative estimate of drug-likeness (QED) is 0.296. The van der Waals surface area contributed by atoms with Crippen molar-refractivity contribution in [3.05, 3.63) is 39.9 Å². The first-order chi connectivity index (χ1) is 13.5. The topological polar surface area (TPSA) is 133 Å². The second-order valence-electron chi connectivity index (χ2n) is 6.77. The SMILES string of the molecule is Cc1cccc(Nc2nc(NCCC[NH+]3CCOCC3)nc(N)c2[N+](=O)[O-])c1. The molecule has 1 aromatic heterocycles. The van der Waals surface area contributed by atoms with Gasteiger partial charge in [0.15, 0.2) is 0 Å². The summed E-state index contributed by atoms with van der Waals surface area (Å²) in [5.74, 6) is 0.177. The molecule has 150 valence electrons. The second kappa shape index (κ2) is 9.29. The van der Waals surface area contributed by atoms with Crippen LogP contribution in [0, 0.1) is 17.0 Å². The summed E-state index contributed by atoms with van der Waals surface area (Å²) in [5, 5.41) is 17.5. The summed E-state index contributed by atoms with van der Waals surface area (Å²) in [6.45, 7) is 7.27. The van der Waals surface area contributed by atoms with Gasteiger partial charge in [-0.3, -0.25) is 10.1 Å². The normalized spacial score (nSPS) is 14.6. The van der Waals surface area contributed by atoms with Crippen molar-refractivity contribution < 1.29 is 14.6 Å². The molecule has 2 heterocycles. The molecule has 0 radical (unpaired) electrons. The number of benzene rings is 1. The van der Waals surface area contributed by atoms with Crippen LogP contribution >= 0.6 is 0 Å². The lowest BCUT2D eigenvalue weighted by Gasteiger charge is -2.23. The Hall–Kier alpha value is -2.98. The average molecular weight is 388 g/mol. The van der Waals surface area contributed by atoms with E-state index in [2.05, 4.69) is 20.6 Å². The summed E-state index contributed by atoms with van der Waals surface area (Å²) in [7, 11) is 0. The van der Waals surface area contributed by atoms with Crippen molar-refractivity contribution in [2.24, 2.45) is 0 Å². The first-order valence-corrected chi connectivity index (χ1v) is 9.33. The highest BCUT2D eigenvalue weighted by molar-refractivity contribution is 5.74. The van der Waals surface area contributed by atoms with Gasteiger partial charge in [0.05, 0.1) is 24.7 Å². The molecular weight excluding hydrogens is 362 g/mol. The molecular formula is C18H26N7O3+. The number of nitrogens with one attached hydrogen (secondary N) is 3. The number of quaternary nitrogens is 1. The highest BCUT2D eigenvalue weighted by atomic mass is 16.6. The summed E-state index contributed by atoms with van der Waals surface area (Å²) in [4.78, 5) is 20.7. The minimum atomic E-state index is -0.570. The van der Waals surface area contributed by atoms with E-state index in [9.17, 15) is 10.1 Å². The van der Waals surface area contributed by atoms with E-state index in [-0.39, 0.29) is 23.3 Å². The van der Waals surface area contributed by atoms with Gasteiger partial charge in [0, 0.05) is 18.7 Å². The molecule has 1 aromatic carbocycles. The predicted octanol–water partition coefficient (Wildman–Crippen LogP) is 0.736. The van der Waals surface area contributed by atoms with Crippen molar-refractivity contribution >= 4 is 29.0 Å². The lowest BCUT2D eigenvalue weighted by atomic mass is 10.2. The largest absolute Gasteiger partial charge is 0.378 e. The Morgan fingerprint density at radius 3 is 2.82 bits per heavy atom. The summed E-state index contributed by atoms with van der Waals surface area (Å²) < 4.78 is 5.36. The van der Waals surface area contributed by atoms with Gasteiger partial charge < -0.3 is 26.0 Å². The molecule has 0 amide bonds. The molecule has 10 nitrogen and oxygen atoms in total. The van der Waals surface area contributed by atoms with Crippen LogP contribution < -0.4 is 21.3 Å². The summed E-state index contributed by atoms with van der Waals surface area (Å²) in [6.07, 6.45) is 0.927. The zero-order valence-electron chi connectivity index (χ0n) is 15.9. The van der Waals surface area contributed by atoms with Gasteiger partial charge in [-0.15, -0.1) is 0 Å². The molecule has 28 heavy (non-hydrogen) atoms. The van der Waals surface area contributed by atoms with Gasteiger partial charge in [0.2, 0.25) is 17.6 Å². The van der Waals surface area contributed by atoms with Crippen LogP contribution in [0.5, 0.6) is 0 Å². The molecule has 3 rings (SSSR count). The fraction of sp³-hybridized carbons (Fsp3) is 0.444. The maximum Gasteiger partial charge on any atom is 0.353 e. The number of hydrogen-bond acceptors (Lipinski definition) is 8. The van der Waals surface area contributed by atoms with E-state index in [1.807, 2.05) is 31.2 Å². The van der Waals surface area contributed by atoms with Crippen LogP contribution in [0.3, 0.4) is 0 Å². The number of nitrogens with two attached hydrogens (primary N) is 1. The van der Waals surface area contributed by atoms with E-state index in [0.717, 1.165) is 44.8 Å². The minimum Gasteiger partial charge on any atom is -0.378 e. The minimum absolute atomic E-state index is 0.0735. The monoisotopic (exact) mass is 388 g/mol. The van der Waals surface area contributed by atoms with E-state index in [1.54, 1.807) is 0 Å². The van der Waals surface area contributed by atoms with Crippen molar-refractivity contribution in [2.45, 2.75) is 13.3 Å². The molecule has 0 aliphatic carbocycles. The number of hydrogen-bond donors (Lipinski definition) is 4. The molecule has 5 N–H and O–H groups in total. The average Bonchev–Trinajstić information content (AvgIpc) is 2.65. The Morgan fingerprint density at radius 1 is 1.32 bits per heavy atom. The van der Waals surface area contributed by atoms with Crippen LogP contribution in [0.1, 0.15) is 12.0 Å². The number of aromatic nitrogens is 2. The van der Waals surface area contributed by atoms with Crippen LogP contribution in [-0.4, -0.2) is 54.3 Å². The lowest BCUT2D eigenvalue weighted by molar-refractivity contribution is -0.908. The zero-order chi connectivity index (χ0) is 19.9. The molecule has 0 bridgehead atoms. The Kier molecular flexibility index (Phi) is 6.56. The van der Waals surface area contributed by atoms with Crippen molar-refractivity contribution in [2.75, 3.05) is 55.8 Å². The lowest BCUT2D eigenvalue weighted by Crippen LogP contribution is -3.14. The molecule has 1 aliphatic heterocycles. The van der Waals surface area contributed by atoms with Gasteiger partial charge >= 0.3 is 5.69 Å². The number of nitrogens with zero attached hydrogens (tertiary/aromatic N) is 3. The van der Waals surface area contributed by atoms with Crippen LogP contribution in [-0.2, 0) is 4.74 Å². The maximum atomic E-state index is 11.4. The smallest absolute Gasteiger partial charge is 0.353 e. The highest BCUT2D eigenvalue weighted by Gasteiger charge is 2.23. The molecule has 2 aromatic rings. The zero-order valence-corrected chi connectivity index (χ0v) is 15.9. The standard InChI is InChI=1S/C18H25N7O3/c1-13-4-2-5-14(12-13)21-17-15(25(26)27)16(19)22-18(23-17)20-6-3-7-24-8-10-28-11-9-24/h2,4-5,12H,3,6-11H2,1H3,(H4,19,20,21,22,23)/p+1. The Labute approximate surface area is 163 Å². The number of anilines is 4. The molecule has 1 saturated heterocycles. The Morgan fingerprint density at radius 2 is 2.11 bits per heavy atom. The van der Waals surface area contributed by atoms with Crippen molar-refractivity contribution in [1.29, 1.82) is 0 Å². The first-order valence-electron chi connectivity index (χ1n) is 9.33. The van der Waals surface area contributed by atoms with E-state index >= 15 is 0 Å². The predicted molar refractivity (Wildman–Crippen MR) is 107 cm³/mol. The number of rotatable bonds is 8. The van der Waals surface area contributed by atoms with Gasteiger partial charge in [-0.2, -0.15) is 9.97 Å². The number of ether oxygens (including phenoxy) is 1. The van der Waals surface area contributed by atoms with Gasteiger partial charge in [-0.1, -0.05) is 12.1 Å². The van der Waals surface area contributed by atoms with E-state index in [1.165, 1.54) is 4.90 Å². The molecule has 0 saturated carbocycles. The fourth-order valence-corrected chi connectivity index (χ4v) is 3.13. The van der Waals surface area contributed by atoms with Crippen molar-refractivity contribution in [1.82, 2.24) is 9.97 Å². The third-order valence-electron chi connectivity index (χ3n) is 4.56. The molecule has 1 fully saturated rings. The van der Waals surface area contributed by atoms with Gasteiger partial charge in [-0.25, -0.2) is 0 Å². The van der Waals surface area contributed by atoms with Crippen LogP contribution in [0.4, 0.5) is 29.0 Å². The second-order valence-corrected chi connectivity index (χ2v) is 6.77. The Balaban J connectivity index is 1.67. The summed E-state index contributed by atoms with van der Waals surface area (Å²) in [5.41, 5.74) is 7.23. The fourth-order valence-electron chi connectivity index (χ4n) is 3.13. The molecule has 0 atom stereocenters. The first kappa shape index (κ1) is 19.8.